The lowest BCUT2D eigenvalue weighted by molar-refractivity contribution is -0.134. The summed E-state index contributed by atoms with van der Waals surface area (Å²) in [5.74, 6) is 0.687. The lowest BCUT2D eigenvalue weighted by Crippen LogP contribution is -2.44. The predicted octanol–water partition coefficient (Wildman–Crippen LogP) is 3.36. The van der Waals surface area contributed by atoms with E-state index in [2.05, 4.69) is 11.9 Å². The smallest absolute Gasteiger partial charge is 0.236 e. The number of hydrogen-bond donors (Lipinski definition) is 0. The molecule has 0 saturated carbocycles. The van der Waals surface area contributed by atoms with Crippen molar-refractivity contribution in [1.29, 1.82) is 0 Å². The van der Waals surface area contributed by atoms with E-state index in [1.54, 1.807) is 17.6 Å². The van der Waals surface area contributed by atoms with Gasteiger partial charge in [-0.05, 0) is 30.7 Å². The molecule has 0 spiro atoms. The molecule has 2 aromatic rings. The summed E-state index contributed by atoms with van der Waals surface area (Å²) in [7, 11) is 0. The second-order valence-corrected chi connectivity index (χ2v) is 6.72. The molecule has 3 heterocycles. The third-order valence-corrected chi connectivity index (χ3v) is 4.76. The molecule has 0 aromatic carbocycles. The van der Waals surface area contributed by atoms with Crippen molar-refractivity contribution in [3.8, 4) is 10.8 Å². The molecule has 0 N–H and O–H groups in total. The summed E-state index contributed by atoms with van der Waals surface area (Å²) in [5.41, 5.74) is 0.690. The fourth-order valence-electron chi connectivity index (χ4n) is 2.75. The molecule has 1 atom stereocenters. The number of piperidine rings is 1. The first-order valence-corrected chi connectivity index (χ1v) is 9.02. The Balaban J connectivity index is 1.56. The van der Waals surface area contributed by atoms with Crippen molar-refractivity contribution in [2.45, 2.75) is 38.7 Å². The second kappa shape index (κ2) is 7.75. The van der Waals surface area contributed by atoms with Gasteiger partial charge in [0.1, 0.15) is 6.26 Å². The highest BCUT2D eigenvalue weighted by Crippen LogP contribution is 2.24. The van der Waals surface area contributed by atoms with E-state index in [-0.39, 0.29) is 18.4 Å². The van der Waals surface area contributed by atoms with Crippen molar-refractivity contribution in [3.05, 3.63) is 29.5 Å². The first kappa shape index (κ1) is 16.2. The van der Waals surface area contributed by atoms with Crippen molar-refractivity contribution < 1.29 is 13.9 Å². The minimum Gasteiger partial charge on any atom is -0.444 e. The van der Waals surface area contributed by atoms with Gasteiger partial charge in [0.25, 0.3) is 0 Å². The zero-order valence-corrected chi connectivity index (χ0v) is 14.2. The molecular weight excluding hydrogens is 312 g/mol. The molecule has 3 rings (SSSR count). The van der Waals surface area contributed by atoms with E-state index in [0.717, 1.165) is 37.3 Å². The number of carbonyl (C=O) groups is 1. The van der Waals surface area contributed by atoms with Gasteiger partial charge in [0, 0.05) is 19.7 Å². The van der Waals surface area contributed by atoms with E-state index >= 15 is 0 Å². The molecule has 1 saturated heterocycles. The van der Waals surface area contributed by atoms with E-state index < -0.39 is 0 Å². The van der Waals surface area contributed by atoms with E-state index in [4.69, 9.17) is 9.15 Å². The van der Waals surface area contributed by atoms with Crippen LogP contribution in [0.2, 0.25) is 0 Å². The molecule has 23 heavy (non-hydrogen) atoms. The summed E-state index contributed by atoms with van der Waals surface area (Å²) < 4.78 is 11.3. The van der Waals surface area contributed by atoms with Crippen LogP contribution in [0.5, 0.6) is 0 Å². The minimum absolute atomic E-state index is 0.0980. The average Bonchev–Trinajstić information content (AvgIpc) is 3.24. The minimum atomic E-state index is 0.0980. The zero-order valence-electron chi connectivity index (χ0n) is 13.4. The topological polar surface area (TPSA) is 55.6 Å². The number of ether oxygens (including phenoxy) is 1. The van der Waals surface area contributed by atoms with E-state index in [1.165, 1.54) is 0 Å². The Morgan fingerprint density at radius 3 is 3.26 bits per heavy atom. The maximum Gasteiger partial charge on any atom is 0.236 e. The van der Waals surface area contributed by atoms with Crippen molar-refractivity contribution >= 4 is 17.2 Å². The van der Waals surface area contributed by atoms with Crippen molar-refractivity contribution in [2.24, 2.45) is 0 Å². The van der Waals surface area contributed by atoms with Gasteiger partial charge in [0.05, 0.1) is 23.1 Å². The molecule has 124 valence electrons. The van der Waals surface area contributed by atoms with Gasteiger partial charge < -0.3 is 14.1 Å². The Labute approximate surface area is 140 Å². The van der Waals surface area contributed by atoms with Crippen LogP contribution in [-0.4, -0.2) is 41.6 Å². The normalized spacial score (nSPS) is 18.3. The van der Waals surface area contributed by atoms with Crippen LogP contribution in [0, 0.1) is 0 Å². The van der Waals surface area contributed by atoms with E-state index in [9.17, 15) is 4.79 Å². The van der Waals surface area contributed by atoms with Crippen LogP contribution in [0.1, 0.15) is 31.9 Å². The van der Waals surface area contributed by atoms with Crippen LogP contribution in [0.4, 0.5) is 0 Å². The number of thiophene rings is 1. The highest BCUT2D eigenvalue weighted by Gasteiger charge is 2.24. The molecule has 2 aromatic heterocycles. The predicted molar refractivity (Wildman–Crippen MR) is 89.4 cm³/mol. The monoisotopic (exact) mass is 334 g/mol. The maximum atomic E-state index is 12.5. The van der Waals surface area contributed by atoms with Gasteiger partial charge in [-0.25, -0.2) is 4.98 Å². The Kier molecular flexibility index (Phi) is 5.46. The van der Waals surface area contributed by atoms with Gasteiger partial charge in [-0.2, -0.15) is 0 Å². The van der Waals surface area contributed by atoms with Crippen LogP contribution in [0.15, 0.2) is 28.2 Å². The molecule has 0 aliphatic carbocycles. The molecule has 0 radical (unpaired) electrons. The number of carbonyl (C=O) groups excluding carboxylic acids is 1. The standard InChI is InChI=1S/C17H22N2O3S/c1-2-8-21-14-5-3-7-19(11-14)16(20)10-13-12-22-17(18-13)15-6-4-9-23-15/h4,6,9,12,14H,2-3,5,7-8,10-11H2,1H3. The molecular formula is C17H22N2O3S. The fourth-order valence-corrected chi connectivity index (χ4v) is 3.41. The molecule has 1 aliphatic heterocycles. The molecule has 1 unspecified atom stereocenters. The van der Waals surface area contributed by atoms with Gasteiger partial charge in [0.2, 0.25) is 11.8 Å². The summed E-state index contributed by atoms with van der Waals surface area (Å²) in [6, 6.07) is 3.92. The highest BCUT2D eigenvalue weighted by molar-refractivity contribution is 7.13. The number of oxazole rings is 1. The Bertz CT molecular complexity index is 624. The summed E-state index contributed by atoms with van der Waals surface area (Å²) in [5, 5.41) is 1.98. The zero-order chi connectivity index (χ0) is 16.1. The van der Waals surface area contributed by atoms with Gasteiger partial charge >= 0.3 is 0 Å². The van der Waals surface area contributed by atoms with Crippen LogP contribution in [0.25, 0.3) is 10.8 Å². The summed E-state index contributed by atoms with van der Waals surface area (Å²) in [4.78, 5) is 19.8. The lowest BCUT2D eigenvalue weighted by atomic mass is 10.1. The average molecular weight is 334 g/mol. The third kappa shape index (κ3) is 4.20. The SMILES string of the molecule is CCCOC1CCCN(C(=O)Cc2coc(-c3cccs3)n2)C1. The molecule has 1 aliphatic rings. The van der Waals surface area contributed by atoms with Gasteiger partial charge in [-0.1, -0.05) is 13.0 Å². The molecule has 1 fully saturated rings. The number of likely N-dealkylation sites (tertiary alicyclic amines) is 1. The highest BCUT2D eigenvalue weighted by atomic mass is 32.1. The number of nitrogens with zero attached hydrogens (tertiary/aromatic N) is 2. The van der Waals surface area contributed by atoms with Gasteiger partial charge in [-0.3, -0.25) is 4.79 Å². The first-order chi connectivity index (χ1) is 11.3. The summed E-state index contributed by atoms with van der Waals surface area (Å²) in [6.07, 6.45) is 5.09. The van der Waals surface area contributed by atoms with Crippen LogP contribution in [-0.2, 0) is 16.0 Å². The van der Waals surface area contributed by atoms with Crippen molar-refractivity contribution in [2.75, 3.05) is 19.7 Å². The number of aromatic nitrogens is 1. The molecule has 6 heteroatoms. The third-order valence-electron chi connectivity index (χ3n) is 3.90. The van der Waals surface area contributed by atoms with Crippen molar-refractivity contribution in [1.82, 2.24) is 9.88 Å². The van der Waals surface area contributed by atoms with Crippen molar-refractivity contribution in [3.63, 3.8) is 0 Å². The molecule has 5 nitrogen and oxygen atoms in total. The largest absolute Gasteiger partial charge is 0.444 e. The van der Waals surface area contributed by atoms with Gasteiger partial charge in [-0.15, -0.1) is 11.3 Å². The lowest BCUT2D eigenvalue weighted by Gasteiger charge is -2.32. The summed E-state index contributed by atoms with van der Waals surface area (Å²) >= 11 is 1.58. The van der Waals surface area contributed by atoms with E-state index in [0.29, 0.717) is 18.1 Å². The first-order valence-electron chi connectivity index (χ1n) is 8.14. The summed E-state index contributed by atoms with van der Waals surface area (Å²) in [6.45, 7) is 4.36. The quantitative estimate of drug-likeness (QED) is 0.813. The maximum absolute atomic E-state index is 12.5. The van der Waals surface area contributed by atoms with Gasteiger partial charge in [0.15, 0.2) is 0 Å². The number of hydrogen-bond acceptors (Lipinski definition) is 5. The second-order valence-electron chi connectivity index (χ2n) is 5.77. The van der Waals surface area contributed by atoms with Crippen LogP contribution < -0.4 is 0 Å². The number of rotatable bonds is 6. The fraction of sp³-hybridized carbons (Fsp3) is 0.529. The number of amides is 1. The molecule has 0 bridgehead atoms. The Morgan fingerprint density at radius 1 is 1.57 bits per heavy atom. The van der Waals surface area contributed by atoms with Crippen LogP contribution >= 0.6 is 11.3 Å². The van der Waals surface area contributed by atoms with Crippen LogP contribution in [0.3, 0.4) is 0 Å². The van der Waals surface area contributed by atoms with E-state index in [1.807, 2.05) is 22.4 Å². The molecule has 1 amide bonds. The Morgan fingerprint density at radius 2 is 2.48 bits per heavy atom. The Hall–Kier alpha value is -1.66.